The first-order valence-electron chi connectivity index (χ1n) is 16.8. The maximum atomic E-state index is 14.1. The molecule has 0 bridgehead atoms. The first-order chi connectivity index (χ1) is 19.2. The van der Waals surface area contributed by atoms with Gasteiger partial charge in [0.1, 0.15) is 5.78 Å². The topological polar surface area (TPSA) is 38.8 Å². The number of Topliss-reactive ketones (excluding diaryl/α,β-unsaturated/α-hetero) is 1. The number of methoxy groups -OCH3 is 2. The van der Waals surface area contributed by atoms with E-state index in [-0.39, 0.29) is 0 Å². The number of benzene rings is 1. The predicted molar refractivity (Wildman–Crippen MR) is 94.8 cm³/mol. The van der Waals surface area contributed by atoms with Gasteiger partial charge in [0, 0.05) is 54.6 Å². The van der Waals surface area contributed by atoms with Crippen molar-refractivity contribution in [3.63, 3.8) is 0 Å². The van der Waals surface area contributed by atoms with E-state index in [1.807, 2.05) is 0 Å². The van der Waals surface area contributed by atoms with E-state index in [1.165, 1.54) is 0 Å². The number of carbonyl (C=O) groups excluding carboxylic acids is 1. The number of ketones is 1. The maximum Gasteiger partial charge on any atom is 0.161 e. The molecule has 3 rings (SSSR count). The predicted octanol–water partition coefficient (Wildman–Crippen LogP) is 3.63. The molecule has 0 saturated carbocycles. The molecule has 1 fully saturated rings. The van der Waals surface area contributed by atoms with Crippen LogP contribution in [-0.4, -0.2) is 37.9 Å². The molecule has 2 aliphatic heterocycles. The lowest BCUT2D eigenvalue weighted by Crippen LogP contribution is -2.46. The molecule has 24 heavy (non-hydrogen) atoms. The summed E-state index contributed by atoms with van der Waals surface area (Å²) in [5.74, 6) is -12.8. The number of rotatable bonds is 5. The van der Waals surface area contributed by atoms with Gasteiger partial charge in [-0.3, -0.25) is 9.69 Å². The van der Waals surface area contributed by atoms with E-state index >= 15 is 0 Å². The summed E-state index contributed by atoms with van der Waals surface area (Å²) in [6, 6.07) is -6.14. The van der Waals surface area contributed by atoms with Gasteiger partial charge in [-0.05, 0) is 41.9 Å². The monoisotopic (exact) mass is 351 g/mol. The van der Waals surface area contributed by atoms with Gasteiger partial charge in [0.25, 0.3) is 0 Å². The van der Waals surface area contributed by atoms with Crippen molar-refractivity contribution in [2.45, 2.75) is 45.3 Å². The molecule has 0 radical (unpaired) electrons. The highest BCUT2D eigenvalue weighted by Crippen LogP contribution is 2.42. The zero-order valence-corrected chi connectivity index (χ0v) is 13.2. The van der Waals surface area contributed by atoms with Crippen molar-refractivity contribution < 1.29 is 41.7 Å². The van der Waals surface area contributed by atoms with Crippen molar-refractivity contribution >= 4 is 5.78 Å². The Balaban J connectivity index is 2.69. The summed E-state index contributed by atoms with van der Waals surface area (Å²) in [5.41, 5.74) is -2.52. The Morgan fingerprint density at radius 1 is 1.54 bits per heavy atom. The van der Waals surface area contributed by atoms with Crippen LogP contribution >= 0.6 is 0 Å². The van der Waals surface area contributed by atoms with E-state index in [4.69, 9.17) is 35.5 Å². The number of fused-ring (bicyclic) bond motifs is 3. The smallest absolute Gasteiger partial charge is 0.161 e. The molecular formula is C20H29NO3. The van der Waals surface area contributed by atoms with Crippen LogP contribution in [0.2, 0.25) is 0 Å². The van der Waals surface area contributed by atoms with Crippen LogP contribution in [0.15, 0.2) is 12.1 Å². The first kappa shape index (κ1) is 5.23. The fourth-order valence-corrected chi connectivity index (χ4v) is 2.11. The zero-order valence-electron chi connectivity index (χ0n) is 33.2. The molecule has 1 saturated heterocycles. The molecule has 0 spiro atoms. The van der Waals surface area contributed by atoms with Crippen molar-refractivity contribution in [2.75, 3.05) is 27.2 Å². The van der Waals surface area contributed by atoms with Crippen molar-refractivity contribution in [2.24, 2.45) is 11.8 Å². The average molecular weight is 352 g/mol. The molecule has 132 valence electrons. The molecule has 4 nitrogen and oxygen atoms in total. The van der Waals surface area contributed by atoms with E-state index in [9.17, 15) is 6.17 Å². The largest absolute Gasteiger partial charge is 0.493 e. The molecule has 1 aromatic carbocycles. The first-order valence-corrected chi connectivity index (χ1v) is 6.85. The molecule has 4 heteroatoms. The molecule has 2 aliphatic rings. The van der Waals surface area contributed by atoms with Crippen molar-refractivity contribution in [1.29, 1.82) is 0 Å². The van der Waals surface area contributed by atoms with Crippen LogP contribution in [0.1, 0.15) is 77.5 Å². The number of piperidine rings is 1. The molecule has 3 atom stereocenters. The van der Waals surface area contributed by atoms with Crippen molar-refractivity contribution in [3.8, 4) is 11.5 Å². The summed E-state index contributed by atoms with van der Waals surface area (Å²) in [6.07, 6.45) is -16.1. The molecule has 2 heterocycles. The summed E-state index contributed by atoms with van der Waals surface area (Å²) in [5, 5.41) is 0. The Kier molecular flexibility index (Phi) is 1.55. The fourth-order valence-electron chi connectivity index (χ4n) is 2.11. The minimum Gasteiger partial charge on any atom is -0.493 e. The molecule has 3 unspecified atom stereocenters. The van der Waals surface area contributed by atoms with E-state index in [0.717, 1.165) is 14.2 Å². The van der Waals surface area contributed by atoms with Gasteiger partial charge in [0.15, 0.2) is 11.5 Å². The molecule has 0 N–H and O–H groups in total. The third-order valence-electron chi connectivity index (χ3n) is 3.28. The van der Waals surface area contributed by atoms with Gasteiger partial charge in [-0.1, -0.05) is 20.1 Å². The van der Waals surface area contributed by atoms with E-state index in [0.29, 0.717) is 6.92 Å². The maximum absolute atomic E-state index is 14.1. The number of hydrogen-bond acceptors (Lipinski definition) is 4. The molecule has 0 aromatic heterocycles. The summed E-state index contributed by atoms with van der Waals surface area (Å²) < 4.78 is 181. The number of carbonyl (C=O) groups is 1. The Bertz CT molecular complexity index is 1390. The fraction of sp³-hybridized carbons (Fsp3) is 0.650. The van der Waals surface area contributed by atoms with Crippen LogP contribution in [-0.2, 0) is 11.2 Å². The van der Waals surface area contributed by atoms with Gasteiger partial charge in [-0.25, -0.2) is 0 Å². The van der Waals surface area contributed by atoms with Gasteiger partial charge in [-0.15, -0.1) is 0 Å². The van der Waals surface area contributed by atoms with Crippen LogP contribution in [0.3, 0.4) is 0 Å². The second-order valence-corrected chi connectivity index (χ2v) is 4.68. The van der Waals surface area contributed by atoms with Crippen molar-refractivity contribution in [3.05, 3.63) is 23.2 Å². The Morgan fingerprint density at radius 3 is 2.96 bits per heavy atom. The van der Waals surface area contributed by atoms with Crippen LogP contribution in [0.5, 0.6) is 11.5 Å². The zero-order chi connectivity index (χ0) is 35.0. The Morgan fingerprint density at radius 2 is 2.29 bits per heavy atom. The third-order valence-corrected chi connectivity index (χ3v) is 3.28. The SMILES string of the molecule is [2H]c1c(OC)c(OC)c([2H])c2c1C([2H])([2H])C([2H])([2H])N1C([2H])([2H])C([2H])(C([2H])([2H])C([2H])(C([2H])([2H])[2H])C([2H])([2H])C)C(=O)C([2H])([2H])C21[2H]. The lowest BCUT2D eigenvalue weighted by Gasteiger charge is -2.43. The standard InChI is InChI=1S/C20H29NO3/c1-5-13(2)8-15-12-21-7-6-14-9-19(23-3)20(24-4)10-16(14)17(21)11-18(15)22/h9-10,13,15,17H,5-8,11-12H2,1-4H3/i2D3,5D2,6D2,7D2,8D2,9D,10D,11D2,12D2,13D,15D,17D. The molecule has 1 aromatic rings. The number of hydrogen-bond donors (Lipinski definition) is 0. The van der Waals surface area contributed by atoms with Crippen LogP contribution in [0.4, 0.5) is 0 Å². The minimum absolute atomic E-state index is 0.400. The van der Waals surface area contributed by atoms with Crippen LogP contribution in [0, 0.1) is 11.8 Å². The summed E-state index contributed by atoms with van der Waals surface area (Å²) in [6.45, 7) is -12.3. The molecule has 0 aliphatic carbocycles. The number of ether oxygens (including phenoxy) is 2. The lowest BCUT2D eigenvalue weighted by molar-refractivity contribution is -0.129. The van der Waals surface area contributed by atoms with E-state index < -0.39 is 109 Å². The van der Waals surface area contributed by atoms with Gasteiger partial charge in [0.2, 0.25) is 0 Å². The highest BCUT2D eigenvalue weighted by Gasteiger charge is 2.38. The molecule has 0 amide bonds. The van der Waals surface area contributed by atoms with Gasteiger partial charge in [0.05, 0.1) is 18.3 Å². The summed E-state index contributed by atoms with van der Waals surface area (Å²) in [7, 11) is 1.91. The number of nitrogens with zero attached hydrogens (tertiary/aromatic N) is 1. The molecular weight excluding hydrogens is 302 g/mol. The second-order valence-electron chi connectivity index (χ2n) is 4.68. The second kappa shape index (κ2) is 7.14. The van der Waals surface area contributed by atoms with Gasteiger partial charge in [-0.2, -0.15) is 0 Å². The van der Waals surface area contributed by atoms with Gasteiger partial charge >= 0.3 is 0 Å². The normalized spacial score (nSPS) is 54.7. The summed E-state index contributed by atoms with van der Waals surface area (Å²) in [4.78, 5) is 13.4. The van der Waals surface area contributed by atoms with Gasteiger partial charge < -0.3 is 9.47 Å². The highest BCUT2D eigenvalue weighted by molar-refractivity contribution is 5.83. The lowest BCUT2D eigenvalue weighted by atomic mass is 9.79. The quantitative estimate of drug-likeness (QED) is 0.812. The van der Waals surface area contributed by atoms with E-state index in [2.05, 4.69) is 0 Å². The van der Waals surface area contributed by atoms with Crippen molar-refractivity contribution in [1.82, 2.24) is 4.90 Å². The van der Waals surface area contributed by atoms with Crippen LogP contribution < -0.4 is 9.47 Å². The summed E-state index contributed by atoms with van der Waals surface area (Å²) >= 11 is 0. The Hall–Kier alpha value is -1.55. The van der Waals surface area contributed by atoms with E-state index in [1.54, 1.807) is 0 Å². The average Bonchev–Trinajstić information content (AvgIpc) is 2.83. The minimum atomic E-state index is -4.60. The van der Waals surface area contributed by atoms with Crippen LogP contribution in [0.25, 0.3) is 0 Å². The highest BCUT2D eigenvalue weighted by atomic mass is 16.5. The third kappa shape index (κ3) is 3.16. The Labute approximate surface area is 173 Å².